The molecule has 1 fully saturated rings. The lowest BCUT2D eigenvalue weighted by Gasteiger charge is -2.16. The molecule has 0 spiro atoms. The first-order valence-corrected chi connectivity index (χ1v) is 9.92. The van der Waals surface area contributed by atoms with Crippen LogP contribution in [0.5, 0.6) is 5.75 Å². The zero-order valence-electron chi connectivity index (χ0n) is 16.8. The fraction of sp³-hybridized carbons (Fsp3) is 0.348. The van der Waals surface area contributed by atoms with Gasteiger partial charge in [0.05, 0.1) is 6.42 Å². The van der Waals surface area contributed by atoms with Gasteiger partial charge in [-0.15, -0.1) is 0 Å². The summed E-state index contributed by atoms with van der Waals surface area (Å²) in [5.41, 5.74) is 3.40. The highest BCUT2D eigenvalue weighted by Crippen LogP contribution is 2.26. The minimum atomic E-state index is 0.105. The lowest BCUT2D eigenvalue weighted by atomic mass is 10.1. The van der Waals surface area contributed by atoms with Crippen LogP contribution in [-0.4, -0.2) is 34.0 Å². The molecule has 1 amide bonds. The van der Waals surface area contributed by atoms with Crippen molar-refractivity contribution in [3.63, 3.8) is 0 Å². The molecule has 0 saturated carbocycles. The monoisotopic (exact) mass is 391 g/mol. The molecular weight excluding hydrogens is 366 g/mol. The van der Waals surface area contributed by atoms with Crippen LogP contribution in [0, 0.1) is 13.8 Å². The zero-order valence-corrected chi connectivity index (χ0v) is 16.8. The first-order chi connectivity index (χ1) is 14.1. The van der Waals surface area contributed by atoms with Crippen molar-refractivity contribution in [1.82, 2.24) is 15.0 Å². The highest BCUT2D eigenvalue weighted by atomic mass is 16.5. The van der Waals surface area contributed by atoms with Crippen molar-refractivity contribution < 1.29 is 14.1 Å². The van der Waals surface area contributed by atoms with Gasteiger partial charge in [0, 0.05) is 19.0 Å². The smallest absolute Gasteiger partial charge is 0.264 e. The second-order valence-corrected chi connectivity index (χ2v) is 7.64. The second-order valence-electron chi connectivity index (χ2n) is 7.64. The number of aryl methyl sites for hydroxylation is 2. The molecule has 1 unspecified atom stereocenters. The van der Waals surface area contributed by atoms with Crippen molar-refractivity contribution in [2.75, 3.05) is 13.1 Å². The number of aromatic nitrogens is 2. The van der Waals surface area contributed by atoms with Crippen LogP contribution in [0.4, 0.5) is 0 Å². The number of amides is 1. The highest BCUT2D eigenvalue weighted by molar-refractivity contribution is 5.79. The molecule has 29 heavy (non-hydrogen) atoms. The molecule has 2 heterocycles. The molecule has 150 valence electrons. The maximum atomic E-state index is 12.6. The van der Waals surface area contributed by atoms with Crippen molar-refractivity contribution >= 4 is 5.91 Å². The van der Waals surface area contributed by atoms with Gasteiger partial charge < -0.3 is 14.2 Å². The number of nitrogens with zero attached hydrogens (tertiary/aromatic N) is 3. The molecule has 6 heteroatoms. The molecule has 0 aliphatic carbocycles. The van der Waals surface area contributed by atoms with Crippen molar-refractivity contribution in [3.8, 4) is 5.75 Å². The Morgan fingerprint density at radius 1 is 1.17 bits per heavy atom. The Hall–Kier alpha value is -3.15. The fourth-order valence-electron chi connectivity index (χ4n) is 3.58. The normalized spacial score (nSPS) is 16.2. The third kappa shape index (κ3) is 4.83. The number of hydrogen-bond acceptors (Lipinski definition) is 5. The number of likely N-dealkylation sites (tertiary alicyclic amines) is 1. The van der Waals surface area contributed by atoms with E-state index < -0.39 is 0 Å². The van der Waals surface area contributed by atoms with E-state index in [2.05, 4.69) is 16.2 Å². The van der Waals surface area contributed by atoms with Crippen LogP contribution in [0.1, 0.15) is 40.7 Å². The van der Waals surface area contributed by atoms with E-state index in [1.165, 1.54) is 11.1 Å². The molecular formula is C23H25N3O3. The predicted octanol–water partition coefficient (Wildman–Crippen LogP) is 3.82. The topological polar surface area (TPSA) is 68.5 Å². The molecule has 4 rings (SSSR count). The summed E-state index contributed by atoms with van der Waals surface area (Å²) in [4.78, 5) is 19.0. The van der Waals surface area contributed by atoms with Gasteiger partial charge in [0.25, 0.3) is 5.89 Å². The summed E-state index contributed by atoms with van der Waals surface area (Å²) in [5, 5.41) is 4.11. The maximum Gasteiger partial charge on any atom is 0.264 e. The van der Waals surface area contributed by atoms with Gasteiger partial charge in [0.15, 0.2) is 12.4 Å². The number of hydrogen-bond donors (Lipinski definition) is 0. The minimum absolute atomic E-state index is 0.105. The van der Waals surface area contributed by atoms with Gasteiger partial charge >= 0.3 is 0 Å². The van der Waals surface area contributed by atoms with Crippen LogP contribution in [0.3, 0.4) is 0 Å². The van der Waals surface area contributed by atoms with Crippen LogP contribution < -0.4 is 4.74 Å². The summed E-state index contributed by atoms with van der Waals surface area (Å²) in [7, 11) is 0. The Bertz CT molecular complexity index is 981. The third-order valence-corrected chi connectivity index (χ3v) is 5.21. The molecule has 1 atom stereocenters. The van der Waals surface area contributed by atoms with Crippen molar-refractivity contribution in [2.45, 2.75) is 39.2 Å². The summed E-state index contributed by atoms with van der Waals surface area (Å²) in [6.07, 6.45) is 1.27. The van der Waals surface area contributed by atoms with Crippen LogP contribution >= 0.6 is 0 Å². The molecule has 0 radical (unpaired) electrons. The van der Waals surface area contributed by atoms with E-state index in [1.54, 1.807) is 0 Å². The first kappa shape index (κ1) is 19.2. The summed E-state index contributed by atoms with van der Waals surface area (Å²) in [6.45, 7) is 5.65. The van der Waals surface area contributed by atoms with Crippen LogP contribution in [0.15, 0.2) is 53.1 Å². The van der Waals surface area contributed by atoms with E-state index in [0.717, 1.165) is 24.3 Å². The van der Waals surface area contributed by atoms with Gasteiger partial charge in [-0.05, 0) is 38.0 Å². The number of rotatable bonds is 6. The summed E-state index contributed by atoms with van der Waals surface area (Å²) >= 11 is 0. The first-order valence-electron chi connectivity index (χ1n) is 9.92. The number of ether oxygens (including phenoxy) is 1. The lowest BCUT2D eigenvalue weighted by molar-refractivity contribution is -0.129. The molecule has 2 aromatic carbocycles. The zero-order chi connectivity index (χ0) is 20.2. The Labute approximate surface area is 170 Å². The summed E-state index contributed by atoms with van der Waals surface area (Å²) in [5.74, 6) is 2.12. The Morgan fingerprint density at radius 2 is 2.00 bits per heavy atom. The molecule has 0 N–H and O–H groups in total. The largest absolute Gasteiger partial charge is 0.484 e. The van der Waals surface area contributed by atoms with E-state index in [1.807, 2.05) is 61.2 Å². The fourth-order valence-corrected chi connectivity index (χ4v) is 3.58. The summed E-state index contributed by atoms with van der Waals surface area (Å²) in [6, 6.07) is 15.9. The number of carbonyl (C=O) groups is 1. The summed E-state index contributed by atoms with van der Waals surface area (Å²) < 4.78 is 11.0. The molecule has 1 saturated heterocycles. The lowest BCUT2D eigenvalue weighted by Crippen LogP contribution is -2.30. The Morgan fingerprint density at radius 3 is 2.79 bits per heavy atom. The molecule has 1 aromatic heterocycles. The van der Waals surface area contributed by atoms with E-state index in [0.29, 0.717) is 24.7 Å². The Kier molecular flexibility index (Phi) is 5.60. The van der Waals surface area contributed by atoms with E-state index >= 15 is 0 Å². The third-order valence-electron chi connectivity index (χ3n) is 5.21. The van der Waals surface area contributed by atoms with Gasteiger partial charge in [-0.3, -0.25) is 4.79 Å². The molecule has 6 nitrogen and oxygen atoms in total. The van der Waals surface area contributed by atoms with E-state index in [9.17, 15) is 4.79 Å². The molecule has 1 aliphatic rings. The van der Waals surface area contributed by atoms with Crippen LogP contribution in [-0.2, 0) is 17.8 Å². The number of carbonyl (C=O) groups excluding carboxylic acids is 1. The van der Waals surface area contributed by atoms with Gasteiger partial charge in [-0.2, -0.15) is 4.98 Å². The average molecular weight is 391 g/mol. The van der Waals surface area contributed by atoms with Gasteiger partial charge in [-0.25, -0.2) is 0 Å². The van der Waals surface area contributed by atoms with Crippen molar-refractivity contribution in [2.24, 2.45) is 0 Å². The average Bonchev–Trinajstić information content (AvgIpc) is 3.37. The highest BCUT2D eigenvalue weighted by Gasteiger charge is 2.30. The van der Waals surface area contributed by atoms with Gasteiger partial charge in [-0.1, -0.05) is 52.7 Å². The van der Waals surface area contributed by atoms with Gasteiger partial charge in [0.2, 0.25) is 5.91 Å². The van der Waals surface area contributed by atoms with Crippen molar-refractivity contribution in [1.29, 1.82) is 0 Å². The SMILES string of the molecule is Cc1ccc(OCc2nc(C3CCN(C(=O)Cc4cccc(C)c4)C3)no2)cc1. The van der Waals surface area contributed by atoms with Gasteiger partial charge in [0.1, 0.15) is 5.75 Å². The van der Waals surface area contributed by atoms with Crippen LogP contribution in [0.2, 0.25) is 0 Å². The molecule has 3 aromatic rings. The molecule has 0 bridgehead atoms. The maximum absolute atomic E-state index is 12.6. The van der Waals surface area contributed by atoms with Crippen molar-refractivity contribution in [3.05, 3.63) is 76.9 Å². The van der Waals surface area contributed by atoms with E-state index in [4.69, 9.17) is 9.26 Å². The van der Waals surface area contributed by atoms with E-state index in [-0.39, 0.29) is 18.4 Å². The standard InChI is InChI=1S/C23H25N3O3/c1-16-6-8-20(9-7-16)28-15-21-24-23(25-29-21)19-10-11-26(14-19)22(27)13-18-5-3-4-17(2)12-18/h3-9,12,19H,10-11,13-15H2,1-2H3. The number of benzene rings is 2. The van der Waals surface area contributed by atoms with Crippen LogP contribution in [0.25, 0.3) is 0 Å². The quantitative estimate of drug-likeness (QED) is 0.639. The Balaban J connectivity index is 1.31. The minimum Gasteiger partial charge on any atom is -0.484 e. The molecule has 1 aliphatic heterocycles. The predicted molar refractivity (Wildman–Crippen MR) is 109 cm³/mol. The second kappa shape index (κ2) is 8.47.